The van der Waals surface area contributed by atoms with Gasteiger partial charge >= 0.3 is 71.4 Å². The van der Waals surface area contributed by atoms with Gasteiger partial charge in [0.2, 0.25) is 0 Å². The maximum absolute atomic E-state index is 3.91. The normalized spacial score (nSPS) is 11.6. The van der Waals surface area contributed by atoms with Gasteiger partial charge in [0.05, 0.1) is 0 Å². The van der Waals surface area contributed by atoms with Crippen molar-refractivity contribution in [1.82, 2.24) is 20.3 Å². The van der Waals surface area contributed by atoms with Gasteiger partial charge in [-0.2, -0.15) is 5.43 Å². The predicted octanol–water partition coefficient (Wildman–Crippen LogP) is 0.512. The average molecular weight is 414 g/mol. The quantitative estimate of drug-likeness (QED) is 0.593. The number of hydrogen-bond acceptors (Lipinski definition) is 4. The summed E-state index contributed by atoms with van der Waals surface area (Å²) in [4.78, 5) is 0. The van der Waals surface area contributed by atoms with E-state index < -0.39 is 19.2 Å². The summed E-state index contributed by atoms with van der Waals surface area (Å²) in [6, 6.07) is 0. The van der Waals surface area contributed by atoms with E-state index in [1.165, 1.54) is 6.42 Å². The van der Waals surface area contributed by atoms with Gasteiger partial charge in [-0.3, -0.25) is 0 Å². The van der Waals surface area contributed by atoms with Crippen molar-refractivity contribution in [3.8, 4) is 0 Å². The Morgan fingerprint density at radius 3 is 1.24 bits per heavy atom. The Balaban J connectivity index is 0. The van der Waals surface area contributed by atoms with Crippen LogP contribution in [0.25, 0.3) is 0 Å². The van der Waals surface area contributed by atoms with Crippen LogP contribution in [0.15, 0.2) is 0 Å². The van der Waals surface area contributed by atoms with Crippen LogP contribution < -0.4 is 5.43 Å². The van der Waals surface area contributed by atoms with Gasteiger partial charge in [-0.1, -0.05) is 6.92 Å². The summed E-state index contributed by atoms with van der Waals surface area (Å²) in [5.41, 5.74) is 3.91. The van der Waals surface area contributed by atoms with Crippen LogP contribution in [0.5, 0.6) is 0 Å². The molecule has 6 heteroatoms. The molecule has 0 aliphatic rings. The molecule has 0 N–H and O–H groups in total. The van der Waals surface area contributed by atoms with E-state index in [4.69, 9.17) is 0 Å². The molecule has 17 heavy (non-hydrogen) atoms. The Labute approximate surface area is 116 Å². The van der Waals surface area contributed by atoms with Crippen LogP contribution in [-0.4, -0.2) is 77.8 Å². The topological polar surface area (TPSA) is 27.1 Å². The average Bonchev–Trinajstić information content (AvgIpc) is 2.16. The van der Waals surface area contributed by atoms with Crippen LogP contribution in [0.1, 0.15) is 13.3 Å². The molecule has 5 nitrogen and oxygen atoms in total. The third-order valence-electron chi connectivity index (χ3n) is 1.96. The molecule has 0 rings (SSSR count). The molecule has 0 unspecified atom stereocenters. The third kappa shape index (κ3) is 11.4. The first-order valence-corrected chi connectivity index (χ1v) is 10.2. The molecule has 0 bridgehead atoms. The van der Waals surface area contributed by atoms with E-state index in [1.807, 2.05) is 12.1 Å². The van der Waals surface area contributed by atoms with Crippen molar-refractivity contribution < 1.29 is 19.2 Å². The first-order chi connectivity index (χ1) is 7.77. The zero-order chi connectivity index (χ0) is 14.0. The van der Waals surface area contributed by atoms with Crippen molar-refractivity contribution in [3.63, 3.8) is 0 Å². The predicted molar refractivity (Wildman–Crippen MR) is 72.0 cm³/mol. The molecular formula is C11H31N5Ta. The Hall–Kier alpha value is 0.540. The summed E-state index contributed by atoms with van der Waals surface area (Å²) >= 11 is -1.58. The molecule has 0 spiro atoms. The molecule has 0 saturated heterocycles. The van der Waals surface area contributed by atoms with Gasteiger partial charge in [0.1, 0.15) is 0 Å². The van der Waals surface area contributed by atoms with Crippen LogP contribution >= 0.6 is 0 Å². The molecule has 0 amide bonds. The molecule has 0 aliphatic heterocycles. The summed E-state index contributed by atoms with van der Waals surface area (Å²) in [6.07, 6.45) is 1.17. The van der Waals surface area contributed by atoms with Gasteiger partial charge in [-0.25, -0.2) is 5.01 Å². The zero-order valence-electron chi connectivity index (χ0n) is 13.1. The Morgan fingerprint density at radius 2 is 1.18 bits per heavy atom. The first-order valence-electron chi connectivity index (χ1n) is 5.90. The van der Waals surface area contributed by atoms with Crippen LogP contribution in [-0.2, 0) is 19.2 Å². The minimum atomic E-state index is -1.58. The summed E-state index contributed by atoms with van der Waals surface area (Å²) < 4.78 is 7.11. The fourth-order valence-corrected chi connectivity index (χ4v) is 9.21. The van der Waals surface area contributed by atoms with Crippen molar-refractivity contribution in [1.29, 1.82) is 0 Å². The monoisotopic (exact) mass is 414 g/mol. The van der Waals surface area contributed by atoms with Crippen molar-refractivity contribution in [2.75, 3.05) is 62.9 Å². The molecule has 0 saturated carbocycles. The molecule has 1 radical (unpaired) electrons. The van der Waals surface area contributed by atoms with Gasteiger partial charge in [-0.05, 0) is 6.42 Å². The number of hydrogen-bond donors (Lipinski definition) is 0. The Kier molecular flexibility index (Phi) is 13.6. The van der Waals surface area contributed by atoms with Crippen LogP contribution in [0.4, 0.5) is 0 Å². The fraction of sp³-hybridized carbons (Fsp3) is 1.00. The van der Waals surface area contributed by atoms with Crippen LogP contribution in [0, 0.1) is 0 Å². The van der Waals surface area contributed by atoms with Gasteiger partial charge in [-0.15, -0.1) is 0 Å². The Bertz CT molecular complexity index is 145. The van der Waals surface area contributed by atoms with E-state index in [-0.39, 0.29) is 0 Å². The van der Waals surface area contributed by atoms with Crippen molar-refractivity contribution in [2.45, 2.75) is 13.3 Å². The van der Waals surface area contributed by atoms with Crippen LogP contribution in [0.3, 0.4) is 0 Å². The summed E-state index contributed by atoms with van der Waals surface area (Å²) in [6.45, 7) is 3.21. The molecule has 105 valence electrons. The molecule has 0 atom stereocenters. The second-order valence-corrected chi connectivity index (χ2v) is 14.9. The third-order valence-corrected chi connectivity index (χ3v) is 9.67. The standard InChI is InChI=1S/C5H13N2.3C2H6N.Ta/c1-4-5-7(3)6-2;3*1-3-2;/h4-5H2,1-3H3;3*1-2H3;/q;3*-1;+3. The maximum atomic E-state index is 3.91. The molecule has 0 heterocycles. The van der Waals surface area contributed by atoms with Crippen LogP contribution in [0.2, 0.25) is 0 Å². The summed E-state index contributed by atoms with van der Waals surface area (Å²) in [5.74, 6) is 0. The molecule has 0 aromatic carbocycles. The number of rotatable bonds is 6. The fourth-order valence-electron chi connectivity index (χ4n) is 1.50. The second kappa shape index (κ2) is 11.6. The molecule has 0 fully saturated rings. The van der Waals surface area contributed by atoms with E-state index in [0.29, 0.717) is 0 Å². The zero-order valence-corrected chi connectivity index (χ0v) is 16.3. The van der Waals surface area contributed by atoms with E-state index >= 15 is 0 Å². The van der Waals surface area contributed by atoms with Crippen molar-refractivity contribution in [2.24, 2.45) is 0 Å². The second-order valence-electron chi connectivity index (χ2n) is 4.39. The van der Waals surface area contributed by atoms with E-state index in [9.17, 15) is 0 Å². The van der Waals surface area contributed by atoms with Gasteiger partial charge in [0, 0.05) is 20.6 Å². The van der Waals surface area contributed by atoms with Gasteiger partial charge in [0.15, 0.2) is 0 Å². The van der Waals surface area contributed by atoms with Gasteiger partial charge < -0.3 is 0 Å². The minimum absolute atomic E-state index is 1.07. The van der Waals surface area contributed by atoms with Crippen molar-refractivity contribution in [3.05, 3.63) is 0 Å². The summed E-state index contributed by atoms with van der Waals surface area (Å²) in [7, 11) is 16.8. The van der Waals surface area contributed by atoms with Gasteiger partial charge in [0.25, 0.3) is 0 Å². The molecule has 0 aromatic heterocycles. The van der Waals surface area contributed by atoms with E-state index in [1.54, 1.807) is 7.05 Å². The molecular weight excluding hydrogens is 383 g/mol. The summed E-state index contributed by atoms with van der Waals surface area (Å²) in [5, 5.41) is 1.93. The Morgan fingerprint density at radius 1 is 0.824 bits per heavy atom. The van der Waals surface area contributed by atoms with Crippen molar-refractivity contribution >= 4 is 0 Å². The number of nitrogens with zero attached hydrogens (tertiary/aromatic N) is 5. The SMILES string of the molecule is CCCN(C)[N]C.C[N](C)[Ta]([N](C)C)[N](C)C. The van der Waals surface area contributed by atoms with E-state index in [2.05, 4.69) is 64.5 Å². The first kappa shape index (κ1) is 19.9. The molecule has 0 aromatic rings. The molecule has 0 aliphatic carbocycles. The van der Waals surface area contributed by atoms with E-state index in [0.717, 1.165) is 6.54 Å².